The van der Waals surface area contributed by atoms with Crippen LogP contribution in [0.25, 0.3) is 0 Å². The summed E-state index contributed by atoms with van der Waals surface area (Å²) >= 11 is 3.40. The number of rotatable bonds is 5. The predicted octanol–water partition coefficient (Wildman–Crippen LogP) is 4.02. The topological polar surface area (TPSA) is 38.0 Å². The minimum atomic E-state index is 0.480. The predicted molar refractivity (Wildman–Crippen MR) is 71.2 cm³/mol. The highest BCUT2D eigenvalue weighted by Gasteiger charge is 2.04. The number of nitrogens with one attached hydrogen (secondary N) is 1. The van der Waals surface area contributed by atoms with Crippen LogP contribution in [0.4, 0.5) is 11.4 Å². The Morgan fingerprint density at radius 2 is 2.20 bits per heavy atom. The maximum Gasteiger partial charge on any atom is 0.0576 e. The van der Waals surface area contributed by atoms with Gasteiger partial charge in [0.1, 0.15) is 0 Å². The van der Waals surface area contributed by atoms with Crippen LogP contribution in [0.5, 0.6) is 0 Å². The first-order valence-electron chi connectivity index (χ1n) is 5.45. The highest BCUT2D eigenvalue weighted by atomic mass is 79.9. The van der Waals surface area contributed by atoms with E-state index >= 15 is 0 Å². The number of nitrogen functional groups attached to an aromatic ring is 1. The molecular formula is C12H19BrN2. The first-order chi connectivity index (χ1) is 7.13. The van der Waals surface area contributed by atoms with Crippen molar-refractivity contribution in [2.24, 2.45) is 0 Å². The molecule has 0 aliphatic rings. The van der Waals surface area contributed by atoms with Gasteiger partial charge >= 0.3 is 0 Å². The van der Waals surface area contributed by atoms with E-state index in [-0.39, 0.29) is 0 Å². The van der Waals surface area contributed by atoms with Crippen molar-refractivity contribution in [1.82, 2.24) is 0 Å². The lowest BCUT2D eigenvalue weighted by Crippen LogP contribution is -2.15. The van der Waals surface area contributed by atoms with Crippen LogP contribution in [-0.2, 0) is 0 Å². The number of unbranched alkanes of at least 4 members (excludes halogenated alkanes) is 1. The van der Waals surface area contributed by atoms with Gasteiger partial charge in [-0.1, -0.05) is 35.7 Å². The molecule has 0 spiro atoms. The molecule has 0 aliphatic carbocycles. The standard InChI is InChI=1S/C12H19BrN2/c1-3-4-5-9(2)15-12-7-6-10(13)8-11(12)14/h6-9,15H,3-5,14H2,1-2H3. The summed E-state index contributed by atoms with van der Waals surface area (Å²) in [6, 6.07) is 6.43. The van der Waals surface area contributed by atoms with E-state index in [1.165, 1.54) is 19.3 Å². The van der Waals surface area contributed by atoms with Crippen molar-refractivity contribution in [1.29, 1.82) is 0 Å². The zero-order valence-corrected chi connectivity index (χ0v) is 11.0. The van der Waals surface area contributed by atoms with Crippen molar-refractivity contribution in [3.05, 3.63) is 22.7 Å². The summed E-state index contributed by atoms with van der Waals surface area (Å²) in [5.41, 5.74) is 7.73. The molecule has 0 fully saturated rings. The molecule has 2 nitrogen and oxygen atoms in total. The quantitative estimate of drug-likeness (QED) is 0.794. The summed E-state index contributed by atoms with van der Waals surface area (Å²) in [6.07, 6.45) is 3.68. The maximum atomic E-state index is 5.91. The Balaban J connectivity index is 2.56. The summed E-state index contributed by atoms with van der Waals surface area (Å²) in [6.45, 7) is 4.40. The minimum absolute atomic E-state index is 0.480. The van der Waals surface area contributed by atoms with Gasteiger partial charge in [-0.2, -0.15) is 0 Å². The number of anilines is 2. The van der Waals surface area contributed by atoms with E-state index in [4.69, 9.17) is 5.73 Å². The average molecular weight is 271 g/mol. The van der Waals surface area contributed by atoms with Crippen molar-refractivity contribution in [3.63, 3.8) is 0 Å². The molecule has 1 aromatic carbocycles. The smallest absolute Gasteiger partial charge is 0.0576 e. The molecule has 0 aliphatic heterocycles. The number of halogens is 1. The summed E-state index contributed by atoms with van der Waals surface area (Å²) in [5.74, 6) is 0. The Morgan fingerprint density at radius 1 is 1.47 bits per heavy atom. The third kappa shape index (κ3) is 4.12. The van der Waals surface area contributed by atoms with E-state index in [0.29, 0.717) is 6.04 Å². The Labute approximate surface area is 100 Å². The Morgan fingerprint density at radius 3 is 2.80 bits per heavy atom. The van der Waals surface area contributed by atoms with E-state index < -0.39 is 0 Å². The third-order valence-electron chi connectivity index (χ3n) is 2.41. The molecule has 0 saturated carbocycles. The Bertz CT molecular complexity index is 312. The average Bonchev–Trinajstić information content (AvgIpc) is 2.19. The lowest BCUT2D eigenvalue weighted by Gasteiger charge is -2.16. The minimum Gasteiger partial charge on any atom is -0.397 e. The van der Waals surface area contributed by atoms with Gasteiger partial charge in [-0.25, -0.2) is 0 Å². The van der Waals surface area contributed by atoms with Crippen LogP contribution in [0.3, 0.4) is 0 Å². The van der Waals surface area contributed by atoms with E-state index in [0.717, 1.165) is 15.8 Å². The summed E-state index contributed by atoms with van der Waals surface area (Å²) in [4.78, 5) is 0. The van der Waals surface area contributed by atoms with Gasteiger partial charge in [0.15, 0.2) is 0 Å². The fraction of sp³-hybridized carbons (Fsp3) is 0.500. The molecular weight excluding hydrogens is 252 g/mol. The zero-order chi connectivity index (χ0) is 11.3. The zero-order valence-electron chi connectivity index (χ0n) is 9.39. The molecule has 0 radical (unpaired) electrons. The van der Waals surface area contributed by atoms with Crippen molar-refractivity contribution in [3.8, 4) is 0 Å². The van der Waals surface area contributed by atoms with Crippen LogP contribution < -0.4 is 11.1 Å². The fourth-order valence-electron chi connectivity index (χ4n) is 1.51. The number of hydrogen-bond acceptors (Lipinski definition) is 2. The lowest BCUT2D eigenvalue weighted by molar-refractivity contribution is 0.645. The number of hydrogen-bond donors (Lipinski definition) is 2. The molecule has 1 atom stereocenters. The van der Waals surface area contributed by atoms with Crippen LogP contribution in [-0.4, -0.2) is 6.04 Å². The highest BCUT2D eigenvalue weighted by molar-refractivity contribution is 9.10. The van der Waals surface area contributed by atoms with Crippen LogP contribution in [0.2, 0.25) is 0 Å². The second-order valence-corrected chi connectivity index (χ2v) is 4.83. The van der Waals surface area contributed by atoms with Gasteiger partial charge < -0.3 is 11.1 Å². The maximum absolute atomic E-state index is 5.91. The van der Waals surface area contributed by atoms with E-state index in [1.807, 2.05) is 18.2 Å². The van der Waals surface area contributed by atoms with Crippen molar-refractivity contribution >= 4 is 27.3 Å². The third-order valence-corrected chi connectivity index (χ3v) is 2.90. The van der Waals surface area contributed by atoms with Crippen LogP contribution in [0.1, 0.15) is 33.1 Å². The summed E-state index contributed by atoms with van der Waals surface area (Å²) in [5, 5.41) is 3.43. The molecule has 0 saturated heterocycles. The van der Waals surface area contributed by atoms with E-state index in [2.05, 4.69) is 35.1 Å². The largest absolute Gasteiger partial charge is 0.397 e. The van der Waals surface area contributed by atoms with E-state index in [9.17, 15) is 0 Å². The van der Waals surface area contributed by atoms with Crippen molar-refractivity contribution in [2.45, 2.75) is 39.2 Å². The second-order valence-electron chi connectivity index (χ2n) is 3.92. The molecule has 1 rings (SSSR count). The SMILES string of the molecule is CCCCC(C)Nc1ccc(Br)cc1N. The molecule has 0 aromatic heterocycles. The van der Waals surface area contributed by atoms with Gasteiger partial charge in [0.25, 0.3) is 0 Å². The van der Waals surface area contributed by atoms with Gasteiger partial charge in [-0.15, -0.1) is 0 Å². The molecule has 1 unspecified atom stereocenters. The van der Waals surface area contributed by atoms with Gasteiger partial charge in [0, 0.05) is 10.5 Å². The van der Waals surface area contributed by atoms with Gasteiger partial charge in [-0.05, 0) is 31.5 Å². The molecule has 0 heterocycles. The molecule has 0 amide bonds. The normalized spacial score (nSPS) is 12.5. The lowest BCUT2D eigenvalue weighted by atomic mass is 10.1. The van der Waals surface area contributed by atoms with Crippen LogP contribution in [0, 0.1) is 0 Å². The molecule has 3 heteroatoms. The molecule has 3 N–H and O–H groups in total. The highest BCUT2D eigenvalue weighted by Crippen LogP contribution is 2.24. The van der Waals surface area contributed by atoms with Crippen LogP contribution in [0.15, 0.2) is 22.7 Å². The molecule has 1 aromatic rings. The van der Waals surface area contributed by atoms with Gasteiger partial charge in [0.05, 0.1) is 11.4 Å². The summed E-state index contributed by atoms with van der Waals surface area (Å²) < 4.78 is 1.02. The van der Waals surface area contributed by atoms with Crippen LogP contribution >= 0.6 is 15.9 Å². The molecule has 84 valence electrons. The summed E-state index contributed by atoms with van der Waals surface area (Å²) in [7, 11) is 0. The first kappa shape index (κ1) is 12.4. The number of nitrogens with two attached hydrogens (primary N) is 1. The second kappa shape index (κ2) is 6.01. The van der Waals surface area contributed by atoms with Crippen molar-refractivity contribution in [2.75, 3.05) is 11.1 Å². The van der Waals surface area contributed by atoms with Gasteiger partial charge in [0.2, 0.25) is 0 Å². The fourth-order valence-corrected chi connectivity index (χ4v) is 1.89. The number of benzene rings is 1. The Hall–Kier alpha value is -0.700. The molecule has 15 heavy (non-hydrogen) atoms. The first-order valence-corrected chi connectivity index (χ1v) is 6.24. The Kier molecular flexibility index (Phi) is 4.95. The van der Waals surface area contributed by atoms with Gasteiger partial charge in [-0.3, -0.25) is 0 Å². The van der Waals surface area contributed by atoms with E-state index in [1.54, 1.807) is 0 Å². The van der Waals surface area contributed by atoms with Crippen molar-refractivity contribution < 1.29 is 0 Å². The monoisotopic (exact) mass is 270 g/mol. The molecule has 0 bridgehead atoms.